The van der Waals surface area contributed by atoms with Gasteiger partial charge >= 0.3 is 0 Å². The van der Waals surface area contributed by atoms with Gasteiger partial charge in [-0.25, -0.2) is 0 Å². The lowest BCUT2D eigenvalue weighted by molar-refractivity contribution is -0.134. The number of amides is 1. The van der Waals surface area contributed by atoms with E-state index < -0.39 is 0 Å². The first-order chi connectivity index (χ1) is 10.7. The predicted octanol–water partition coefficient (Wildman–Crippen LogP) is 1.87. The highest BCUT2D eigenvalue weighted by atomic mass is 35.5. The molecule has 1 saturated heterocycles. The van der Waals surface area contributed by atoms with Crippen LogP contribution < -0.4 is 0 Å². The first kappa shape index (κ1) is 15.2. The third-order valence-corrected chi connectivity index (χ3v) is 4.09. The van der Waals surface area contributed by atoms with Crippen molar-refractivity contribution in [1.82, 2.24) is 9.80 Å². The van der Waals surface area contributed by atoms with E-state index in [1.165, 1.54) is 11.8 Å². The zero-order valence-electron chi connectivity index (χ0n) is 12.3. The molecule has 0 atom stereocenters. The van der Waals surface area contributed by atoms with Gasteiger partial charge in [-0.2, -0.15) is 0 Å². The van der Waals surface area contributed by atoms with E-state index in [1.807, 2.05) is 29.2 Å². The molecule has 0 bridgehead atoms. The summed E-state index contributed by atoms with van der Waals surface area (Å²) in [4.78, 5) is 16.4. The molecule has 2 aliphatic rings. The first-order valence-corrected chi connectivity index (χ1v) is 7.81. The van der Waals surface area contributed by atoms with E-state index in [9.17, 15) is 4.79 Å². The second kappa shape index (κ2) is 7.03. The topological polar surface area (TPSA) is 42.0 Å². The summed E-state index contributed by atoms with van der Waals surface area (Å²) in [6.07, 6.45) is 1.42. The Labute approximate surface area is 135 Å². The van der Waals surface area contributed by atoms with Crippen LogP contribution in [0.1, 0.15) is 5.56 Å². The van der Waals surface area contributed by atoms with E-state index in [0.717, 1.165) is 24.7 Å². The largest absolute Gasteiger partial charge is 0.494 e. The summed E-state index contributed by atoms with van der Waals surface area (Å²) in [5, 5.41) is 0.752. The number of ether oxygens (including phenoxy) is 2. The SMILES string of the molecule is O=C(C1=COCCO1)N1CCN(Cc2ccc(Cl)cc2)CC1. The van der Waals surface area contributed by atoms with Gasteiger partial charge in [0.1, 0.15) is 19.5 Å². The lowest BCUT2D eigenvalue weighted by Gasteiger charge is -2.35. The van der Waals surface area contributed by atoms with Crippen molar-refractivity contribution < 1.29 is 14.3 Å². The number of benzene rings is 1. The number of hydrogen-bond acceptors (Lipinski definition) is 4. The normalized spacial score (nSPS) is 19.1. The van der Waals surface area contributed by atoms with Crippen LogP contribution in [0.15, 0.2) is 36.3 Å². The number of carbonyl (C=O) groups excluding carboxylic acids is 1. The molecule has 1 fully saturated rings. The van der Waals surface area contributed by atoms with Gasteiger partial charge in [-0.05, 0) is 17.7 Å². The van der Waals surface area contributed by atoms with Crippen LogP contribution in [0.4, 0.5) is 0 Å². The van der Waals surface area contributed by atoms with Crippen molar-refractivity contribution in [2.24, 2.45) is 0 Å². The maximum atomic E-state index is 12.3. The minimum Gasteiger partial charge on any atom is -0.494 e. The summed E-state index contributed by atoms with van der Waals surface area (Å²) in [6.45, 7) is 4.92. The number of halogens is 1. The van der Waals surface area contributed by atoms with Gasteiger partial charge in [-0.3, -0.25) is 9.69 Å². The van der Waals surface area contributed by atoms with Crippen LogP contribution in [0.2, 0.25) is 5.02 Å². The Morgan fingerprint density at radius 3 is 2.45 bits per heavy atom. The van der Waals surface area contributed by atoms with Crippen molar-refractivity contribution in [1.29, 1.82) is 0 Å². The maximum Gasteiger partial charge on any atom is 0.292 e. The minimum atomic E-state index is -0.0779. The molecular formula is C16H19ClN2O3. The fraction of sp³-hybridized carbons (Fsp3) is 0.438. The standard InChI is InChI=1S/C16H19ClN2O3/c17-14-3-1-13(2-4-14)11-18-5-7-19(8-6-18)16(20)15-12-21-9-10-22-15/h1-4,12H,5-11H2. The smallest absolute Gasteiger partial charge is 0.292 e. The predicted molar refractivity (Wildman–Crippen MR) is 83.3 cm³/mol. The maximum absolute atomic E-state index is 12.3. The van der Waals surface area contributed by atoms with Gasteiger partial charge in [-0.1, -0.05) is 23.7 Å². The quantitative estimate of drug-likeness (QED) is 0.852. The lowest BCUT2D eigenvalue weighted by Crippen LogP contribution is -2.49. The molecule has 0 unspecified atom stereocenters. The second-order valence-corrected chi connectivity index (χ2v) is 5.83. The Balaban J connectivity index is 1.50. The molecule has 3 rings (SSSR count). The van der Waals surface area contributed by atoms with Gasteiger partial charge in [-0.15, -0.1) is 0 Å². The fourth-order valence-corrected chi connectivity index (χ4v) is 2.72. The molecule has 2 aliphatic heterocycles. The summed E-state index contributed by atoms with van der Waals surface area (Å²) >= 11 is 5.90. The summed E-state index contributed by atoms with van der Waals surface area (Å²) in [6, 6.07) is 7.89. The number of nitrogens with zero attached hydrogens (tertiary/aromatic N) is 2. The van der Waals surface area contributed by atoms with Crippen LogP contribution in [0, 0.1) is 0 Å². The number of piperazine rings is 1. The Kier molecular flexibility index (Phi) is 4.85. The summed E-state index contributed by atoms with van der Waals surface area (Å²) < 4.78 is 10.5. The van der Waals surface area contributed by atoms with Crippen LogP contribution in [0.3, 0.4) is 0 Å². The van der Waals surface area contributed by atoms with Crippen LogP contribution in [-0.2, 0) is 20.8 Å². The Morgan fingerprint density at radius 1 is 1.09 bits per heavy atom. The van der Waals surface area contributed by atoms with Gasteiger partial charge in [0.15, 0.2) is 0 Å². The molecule has 0 aliphatic carbocycles. The Bertz CT molecular complexity index is 551. The van der Waals surface area contributed by atoms with E-state index in [4.69, 9.17) is 21.1 Å². The molecule has 1 aromatic rings. The van der Waals surface area contributed by atoms with E-state index in [0.29, 0.717) is 32.1 Å². The van der Waals surface area contributed by atoms with Gasteiger partial charge in [0.2, 0.25) is 5.76 Å². The molecule has 1 amide bonds. The zero-order valence-corrected chi connectivity index (χ0v) is 13.1. The third kappa shape index (κ3) is 3.72. The fourth-order valence-electron chi connectivity index (χ4n) is 2.59. The van der Waals surface area contributed by atoms with Crippen molar-refractivity contribution in [3.8, 4) is 0 Å². The first-order valence-electron chi connectivity index (χ1n) is 7.43. The van der Waals surface area contributed by atoms with Gasteiger partial charge in [0.05, 0.1) is 0 Å². The van der Waals surface area contributed by atoms with Gasteiger partial charge < -0.3 is 14.4 Å². The summed E-state index contributed by atoms with van der Waals surface area (Å²) in [5.41, 5.74) is 1.23. The van der Waals surface area contributed by atoms with E-state index >= 15 is 0 Å². The molecule has 0 radical (unpaired) electrons. The van der Waals surface area contributed by atoms with Crippen molar-refractivity contribution in [3.63, 3.8) is 0 Å². The summed E-state index contributed by atoms with van der Waals surface area (Å²) in [7, 11) is 0. The molecule has 118 valence electrons. The molecule has 5 nitrogen and oxygen atoms in total. The van der Waals surface area contributed by atoms with Crippen molar-refractivity contribution >= 4 is 17.5 Å². The Hall–Kier alpha value is -1.72. The average molecular weight is 323 g/mol. The second-order valence-electron chi connectivity index (χ2n) is 5.40. The van der Waals surface area contributed by atoms with E-state index in [2.05, 4.69) is 4.90 Å². The van der Waals surface area contributed by atoms with Crippen LogP contribution in [0.5, 0.6) is 0 Å². The average Bonchev–Trinajstić information content (AvgIpc) is 2.58. The van der Waals surface area contributed by atoms with Crippen molar-refractivity contribution in [3.05, 3.63) is 46.9 Å². The molecule has 0 saturated carbocycles. The highest BCUT2D eigenvalue weighted by Gasteiger charge is 2.25. The molecule has 0 N–H and O–H groups in total. The zero-order chi connectivity index (χ0) is 15.4. The van der Waals surface area contributed by atoms with Crippen LogP contribution >= 0.6 is 11.6 Å². The van der Waals surface area contributed by atoms with E-state index in [1.54, 1.807) is 0 Å². The monoisotopic (exact) mass is 322 g/mol. The van der Waals surface area contributed by atoms with Crippen molar-refractivity contribution in [2.45, 2.75) is 6.54 Å². The summed E-state index contributed by atoms with van der Waals surface area (Å²) in [5.74, 6) is 0.239. The molecule has 1 aromatic carbocycles. The highest BCUT2D eigenvalue weighted by Crippen LogP contribution is 2.15. The molecular weight excluding hydrogens is 304 g/mol. The number of hydrogen-bond donors (Lipinski definition) is 0. The molecule has 0 aromatic heterocycles. The van der Waals surface area contributed by atoms with Crippen molar-refractivity contribution in [2.75, 3.05) is 39.4 Å². The molecule has 6 heteroatoms. The van der Waals surface area contributed by atoms with Crippen LogP contribution in [0.25, 0.3) is 0 Å². The highest BCUT2D eigenvalue weighted by molar-refractivity contribution is 6.30. The molecule has 22 heavy (non-hydrogen) atoms. The molecule has 2 heterocycles. The molecule has 0 spiro atoms. The minimum absolute atomic E-state index is 0.0779. The van der Waals surface area contributed by atoms with Gasteiger partial charge in [0, 0.05) is 37.7 Å². The Morgan fingerprint density at radius 2 is 1.82 bits per heavy atom. The number of rotatable bonds is 3. The van der Waals surface area contributed by atoms with Crippen LogP contribution in [-0.4, -0.2) is 55.1 Å². The van der Waals surface area contributed by atoms with Gasteiger partial charge in [0.25, 0.3) is 5.91 Å². The number of carbonyl (C=O) groups is 1. The lowest BCUT2D eigenvalue weighted by atomic mass is 10.2. The van der Waals surface area contributed by atoms with E-state index in [-0.39, 0.29) is 5.91 Å². The third-order valence-electron chi connectivity index (χ3n) is 3.84.